The zero-order chi connectivity index (χ0) is 14.0. The van der Waals surface area contributed by atoms with Gasteiger partial charge in [-0.05, 0) is 41.5 Å². The van der Waals surface area contributed by atoms with Crippen LogP contribution in [-0.2, 0) is 0 Å². The van der Waals surface area contributed by atoms with Gasteiger partial charge in [0, 0.05) is 19.0 Å². The number of hydrazine groups is 1. The highest BCUT2D eigenvalue weighted by molar-refractivity contribution is 9.11. The second-order valence-corrected chi connectivity index (χ2v) is 6.54. The van der Waals surface area contributed by atoms with Gasteiger partial charge >= 0.3 is 0 Å². The molecule has 0 saturated heterocycles. The number of halogens is 4. The van der Waals surface area contributed by atoms with Crippen LogP contribution in [-0.4, -0.2) is 0 Å². The second kappa shape index (κ2) is 6.57. The minimum absolute atomic E-state index is 0.242. The van der Waals surface area contributed by atoms with Crippen LogP contribution in [0, 0.1) is 0 Å². The van der Waals surface area contributed by atoms with E-state index in [9.17, 15) is 0 Å². The van der Waals surface area contributed by atoms with Crippen LogP contribution in [0.15, 0.2) is 45.3 Å². The first-order valence-corrected chi connectivity index (χ1v) is 7.73. The predicted molar refractivity (Wildman–Crippen MR) is 87.5 cm³/mol. The molecule has 2 aromatic rings. The van der Waals surface area contributed by atoms with Gasteiger partial charge in [0.1, 0.15) is 0 Å². The van der Waals surface area contributed by atoms with Crippen molar-refractivity contribution in [2.75, 3.05) is 0 Å². The maximum absolute atomic E-state index is 6.22. The molecule has 0 heterocycles. The van der Waals surface area contributed by atoms with Crippen molar-refractivity contribution in [3.8, 4) is 0 Å². The second-order valence-electron chi connectivity index (χ2n) is 3.93. The first-order valence-electron chi connectivity index (χ1n) is 5.39. The predicted octanol–water partition coefficient (Wildman–Crippen LogP) is 5.07. The van der Waals surface area contributed by atoms with E-state index in [2.05, 4.69) is 37.3 Å². The average molecular weight is 425 g/mol. The molecule has 0 aliphatic carbocycles. The summed E-state index contributed by atoms with van der Waals surface area (Å²) in [4.78, 5) is 0. The maximum Gasteiger partial charge on any atom is 0.0735 e. The SMILES string of the molecule is NNC(c1cc(Cl)ccc1Cl)c1ccc(Br)cc1Br. The molecule has 0 saturated carbocycles. The molecule has 2 nitrogen and oxygen atoms in total. The van der Waals surface area contributed by atoms with Gasteiger partial charge in [0.2, 0.25) is 0 Å². The van der Waals surface area contributed by atoms with Crippen LogP contribution in [0.3, 0.4) is 0 Å². The lowest BCUT2D eigenvalue weighted by Crippen LogP contribution is -2.29. The Hall–Kier alpha value is -0.100. The van der Waals surface area contributed by atoms with Crippen molar-refractivity contribution < 1.29 is 0 Å². The standard InChI is InChI=1S/C13H10Br2Cl2N2/c14-7-1-3-9(11(15)5-7)13(19-18)10-6-8(16)2-4-12(10)17/h1-6,13,19H,18H2. The molecular formula is C13H10Br2Cl2N2. The third kappa shape index (κ3) is 3.51. The van der Waals surface area contributed by atoms with Crippen LogP contribution in [0.5, 0.6) is 0 Å². The molecule has 2 aromatic carbocycles. The summed E-state index contributed by atoms with van der Waals surface area (Å²) in [6.07, 6.45) is 0. The smallest absolute Gasteiger partial charge is 0.0735 e. The molecular weight excluding hydrogens is 415 g/mol. The third-order valence-electron chi connectivity index (χ3n) is 2.71. The minimum Gasteiger partial charge on any atom is -0.271 e. The Bertz CT molecular complexity index is 605. The fourth-order valence-electron chi connectivity index (χ4n) is 1.82. The number of hydrogen-bond donors (Lipinski definition) is 2. The number of nitrogens with one attached hydrogen (secondary N) is 1. The van der Waals surface area contributed by atoms with Crippen molar-refractivity contribution in [1.29, 1.82) is 0 Å². The number of rotatable bonds is 3. The van der Waals surface area contributed by atoms with E-state index in [0.717, 1.165) is 20.1 Å². The highest BCUT2D eigenvalue weighted by Gasteiger charge is 2.18. The summed E-state index contributed by atoms with van der Waals surface area (Å²) in [6, 6.07) is 10.9. The van der Waals surface area contributed by atoms with Crippen LogP contribution >= 0.6 is 55.1 Å². The molecule has 6 heteroatoms. The van der Waals surface area contributed by atoms with E-state index < -0.39 is 0 Å². The Kier molecular flexibility index (Phi) is 5.29. The van der Waals surface area contributed by atoms with E-state index in [0.29, 0.717) is 10.0 Å². The maximum atomic E-state index is 6.22. The van der Waals surface area contributed by atoms with Crippen molar-refractivity contribution >= 4 is 55.1 Å². The molecule has 0 aliphatic heterocycles. The Morgan fingerprint density at radius 1 is 1.00 bits per heavy atom. The van der Waals surface area contributed by atoms with E-state index in [4.69, 9.17) is 29.0 Å². The van der Waals surface area contributed by atoms with Crippen LogP contribution in [0.2, 0.25) is 10.0 Å². The number of hydrogen-bond acceptors (Lipinski definition) is 2. The summed E-state index contributed by atoms with van der Waals surface area (Å²) in [5, 5.41) is 1.23. The molecule has 0 aromatic heterocycles. The van der Waals surface area contributed by atoms with E-state index >= 15 is 0 Å². The van der Waals surface area contributed by atoms with Gasteiger partial charge in [-0.25, -0.2) is 5.43 Å². The topological polar surface area (TPSA) is 38.0 Å². The highest BCUT2D eigenvalue weighted by Crippen LogP contribution is 2.34. The van der Waals surface area contributed by atoms with Gasteiger partial charge in [0.15, 0.2) is 0 Å². The Balaban J connectivity index is 2.52. The largest absolute Gasteiger partial charge is 0.271 e. The lowest BCUT2D eigenvalue weighted by atomic mass is 9.99. The first kappa shape index (κ1) is 15.3. The molecule has 3 N–H and O–H groups in total. The van der Waals surface area contributed by atoms with Crippen molar-refractivity contribution in [2.45, 2.75) is 6.04 Å². The molecule has 0 bridgehead atoms. The normalized spacial score (nSPS) is 12.5. The van der Waals surface area contributed by atoms with Gasteiger partial charge in [-0.15, -0.1) is 0 Å². The van der Waals surface area contributed by atoms with Gasteiger partial charge in [-0.2, -0.15) is 0 Å². The molecule has 1 unspecified atom stereocenters. The van der Waals surface area contributed by atoms with E-state index in [1.165, 1.54) is 0 Å². The average Bonchev–Trinajstić information content (AvgIpc) is 2.36. The quantitative estimate of drug-likeness (QED) is 0.533. The van der Waals surface area contributed by atoms with Crippen LogP contribution in [0.4, 0.5) is 0 Å². The molecule has 0 radical (unpaired) electrons. The van der Waals surface area contributed by atoms with Gasteiger partial charge < -0.3 is 0 Å². The number of benzene rings is 2. The summed E-state index contributed by atoms with van der Waals surface area (Å²) in [5.41, 5.74) is 4.59. The molecule has 0 spiro atoms. The van der Waals surface area contributed by atoms with Crippen LogP contribution in [0.1, 0.15) is 17.2 Å². The van der Waals surface area contributed by atoms with Crippen molar-refractivity contribution in [3.05, 3.63) is 66.5 Å². The molecule has 0 aliphatic rings. The summed E-state index contributed by atoms with van der Waals surface area (Å²) < 4.78 is 1.91. The van der Waals surface area contributed by atoms with E-state index in [-0.39, 0.29) is 6.04 Å². The summed E-state index contributed by atoms with van der Waals surface area (Å²) in [6.45, 7) is 0. The zero-order valence-corrected chi connectivity index (χ0v) is 14.3. The van der Waals surface area contributed by atoms with Crippen LogP contribution < -0.4 is 11.3 Å². The van der Waals surface area contributed by atoms with Gasteiger partial charge in [-0.3, -0.25) is 5.84 Å². The van der Waals surface area contributed by atoms with Crippen molar-refractivity contribution in [3.63, 3.8) is 0 Å². The fourth-order valence-corrected chi connectivity index (χ4v) is 3.50. The van der Waals surface area contributed by atoms with Crippen molar-refractivity contribution in [1.82, 2.24) is 5.43 Å². The monoisotopic (exact) mass is 422 g/mol. The molecule has 100 valence electrons. The van der Waals surface area contributed by atoms with Gasteiger partial charge in [-0.1, -0.05) is 61.1 Å². The molecule has 0 amide bonds. The minimum atomic E-state index is -0.242. The third-order valence-corrected chi connectivity index (χ3v) is 4.47. The summed E-state index contributed by atoms with van der Waals surface area (Å²) in [7, 11) is 0. The number of nitrogens with two attached hydrogens (primary N) is 1. The lowest BCUT2D eigenvalue weighted by molar-refractivity contribution is 0.635. The summed E-state index contributed by atoms with van der Waals surface area (Å²) >= 11 is 19.2. The molecule has 1 atom stereocenters. The van der Waals surface area contributed by atoms with E-state index in [1.807, 2.05) is 24.3 Å². The lowest BCUT2D eigenvalue weighted by Gasteiger charge is -2.20. The van der Waals surface area contributed by atoms with Gasteiger partial charge in [0.25, 0.3) is 0 Å². The van der Waals surface area contributed by atoms with Crippen molar-refractivity contribution in [2.24, 2.45) is 5.84 Å². The molecule has 0 fully saturated rings. The molecule has 19 heavy (non-hydrogen) atoms. The zero-order valence-electron chi connectivity index (χ0n) is 9.63. The Morgan fingerprint density at radius 2 is 1.74 bits per heavy atom. The first-order chi connectivity index (χ1) is 9.02. The van der Waals surface area contributed by atoms with E-state index in [1.54, 1.807) is 12.1 Å². The Morgan fingerprint density at radius 3 is 2.37 bits per heavy atom. The summed E-state index contributed by atoms with van der Waals surface area (Å²) in [5.74, 6) is 5.68. The van der Waals surface area contributed by atoms with Gasteiger partial charge in [0.05, 0.1) is 6.04 Å². The fraction of sp³-hybridized carbons (Fsp3) is 0.0769. The Labute approximate surface area is 138 Å². The van der Waals surface area contributed by atoms with Crippen LogP contribution in [0.25, 0.3) is 0 Å². The molecule has 2 rings (SSSR count). The highest BCUT2D eigenvalue weighted by atomic mass is 79.9.